The summed E-state index contributed by atoms with van der Waals surface area (Å²) in [4.78, 5) is 8.96. The number of rotatable bonds is 2. The van der Waals surface area contributed by atoms with Crippen molar-refractivity contribution in [2.75, 3.05) is 36.8 Å². The van der Waals surface area contributed by atoms with Crippen molar-refractivity contribution in [2.24, 2.45) is 0 Å². The van der Waals surface area contributed by atoms with E-state index in [2.05, 4.69) is 34.7 Å². The highest BCUT2D eigenvalue weighted by Crippen LogP contribution is 2.23. The van der Waals surface area contributed by atoms with Gasteiger partial charge in [-0.1, -0.05) is 6.92 Å². The van der Waals surface area contributed by atoms with Gasteiger partial charge in [0.05, 0.1) is 11.3 Å². The molecule has 5 nitrogen and oxygen atoms in total. The molecule has 96 valence electrons. The Balaban J connectivity index is 2.16. The van der Waals surface area contributed by atoms with Gasteiger partial charge in [0, 0.05) is 31.9 Å². The summed E-state index contributed by atoms with van der Waals surface area (Å²) in [7, 11) is 0. The third kappa shape index (κ3) is 2.39. The largest absolute Gasteiger partial charge is 0.396 e. The lowest BCUT2D eigenvalue weighted by Gasteiger charge is -2.40. The zero-order valence-electron chi connectivity index (χ0n) is 10.9. The van der Waals surface area contributed by atoms with Gasteiger partial charge in [0.1, 0.15) is 6.07 Å². The van der Waals surface area contributed by atoms with Crippen LogP contribution in [0.4, 0.5) is 11.5 Å². The standard InChI is InChI=1S/C13H19N5/c1-3-17-4-5-18(9-10(17)2)13-12(15)6-11(7-14)8-16-13/h6,8,10H,3-5,9,15H2,1-2H3. The van der Waals surface area contributed by atoms with Crippen molar-refractivity contribution < 1.29 is 0 Å². The predicted molar refractivity (Wildman–Crippen MR) is 72.3 cm³/mol. The lowest BCUT2D eigenvalue weighted by Crippen LogP contribution is -2.52. The van der Waals surface area contributed by atoms with Crippen molar-refractivity contribution >= 4 is 11.5 Å². The van der Waals surface area contributed by atoms with Crippen LogP contribution in [0.1, 0.15) is 19.4 Å². The highest BCUT2D eigenvalue weighted by molar-refractivity contribution is 5.64. The lowest BCUT2D eigenvalue weighted by atomic mass is 10.2. The minimum Gasteiger partial charge on any atom is -0.396 e. The van der Waals surface area contributed by atoms with E-state index in [1.165, 1.54) is 0 Å². The lowest BCUT2D eigenvalue weighted by molar-refractivity contribution is 0.199. The maximum Gasteiger partial charge on any atom is 0.151 e. The number of aromatic nitrogens is 1. The Morgan fingerprint density at radius 2 is 2.33 bits per heavy atom. The third-order valence-corrected chi connectivity index (χ3v) is 3.50. The van der Waals surface area contributed by atoms with Crippen LogP contribution in [-0.4, -0.2) is 42.1 Å². The number of nitrogens with two attached hydrogens (primary N) is 1. The zero-order chi connectivity index (χ0) is 13.1. The monoisotopic (exact) mass is 245 g/mol. The van der Waals surface area contributed by atoms with E-state index >= 15 is 0 Å². The molecule has 0 radical (unpaired) electrons. The van der Waals surface area contributed by atoms with E-state index in [4.69, 9.17) is 11.0 Å². The van der Waals surface area contributed by atoms with E-state index in [0.29, 0.717) is 17.3 Å². The molecule has 1 saturated heterocycles. The van der Waals surface area contributed by atoms with Crippen LogP contribution in [0.2, 0.25) is 0 Å². The summed E-state index contributed by atoms with van der Waals surface area (Å²) in [5.41, 5.74) is 7.07. The highest BCUT2D eigenvalue weighted by atomic mass is 15.3. The van der Waals surface area contributed by atoms with Crippen LogP contribution in [0, 0.1) is 11.3 Å². The van der Waals surface area contributed by atoms with Gasteiger partial charge in [-0.05, 0) is 19.5 Å². The minimum atomic E-state index is 0.501. The molecular formula is C13H19N5. The van der Waals surface area contributed by atoms with Crippen LogP contribution < -0.4 is 10.6 Å². The van der Waals surface area contributed by atoms with E-state index in [-0.39, 0.29) is 0 Å². The average Bonchev–Trinajstić information content (AvgIpc) is 2.38. The van der Waals surface area contributed by atoms with Gasteiger partial charge >= 0.3 is 0 Å². The topological polar surface area (TPSA) is 69.2 Å². The van der Waals surface area contributed by atoms with E-state index in [0.717, 1.165) is 32.0 Å². The number of anilines is 2. The molecule has 0 amide bonds. The van der Waals surface area contributed by atoms with Gasteiger partial charge in [-0.15, -0.1) is 0 Å². The Morgan fingerprint density at radius 3 is 2.89 bits per heavy atom. The van der Waals surface area contributed by atoms with Crippen molar-refractivity contribution in [2.45, 2.75) is 19.9 Å². The first kappa shape index (κ1) is 12.7. The normalized spacial score (nSPS) is 20.7. The van der Waals surface area contributed by atoms with E-state index in [1.807, 2.05) is 0 Å². The van der Waals surface area contributed by atoms with Crippen molar-refractivity contribution in [3.05, 3.63) is 17.8 Å². The fourth-order valence-corrected chi connectivity index (χ4v) is 2.46. The number of pyridine rings is 1. The van der Waals surface area contributed by atoms with Gasteiger partial charge in [0.2, 0.25) is 0 Å². The summed E-state index contributed by atoms with van der Waals surface area (Å²) < 4.78 is 0. The Bertz CT molecular complexity index is 465. The fourth-order valence-electron chi connectivity index (χ4n) is 2.46. The molecule has 18 heavy (non-hydrogen) atoms. The molecule has 1 unspecified atom stereocenters. The molecule has 1 atom stereocenters. The van der Waals surface area contributed by atoms with E-state index < -0.39 is 0 Å². The maximum atomic E-state index is 8.81. The van der Waals surface area contributed by atoms with Gasteiger partial charge < -0.3 is 10.6 Å². The molecule has 0 bridgehead atoms. The number of hydrogen-bond donors (Lipinski definition) is 1. The molecular weight excluding hydrogens is 226 g/mol. The molecule has 1 aliphatic rings. The molecule has 2 N–H and O–H groups in total. The Hall–Kier alpha value is -1.80. The second kappa shape index (κ2) is 5.23. The maximum absolute atomic E-state index is 8.81. The number of nitriles is 1. The molecule has 0 aromatic carbocycles. The number of hydrogen-bond acceptors (Lipinski definition) is 5. The van der Waals surface area contributed by atoms with Crippen LogP contribution in [0.15, 0.2) is 12.3 Å². The molecule has 0 aliphatic carbocycles. The predicted octanol–water partition coefficient (Wildman–Crippen LogP) is 1.07. The first-order valence-corrected chi connectivity index (χ1v) is 6.30. The molecule has 2 rings (SSSR count). The fraction of sp³-hybridized carbons (Fsp3) is 0.538. The quantitative estimate of drug-likeness (QED) is 0.844. The average molecular weight is 245 g/mol. The Labute approximate surface area is 108 Å². The summed E-state index contributed by atoms with van der Waals surface area (Å²) in [6.07, 6.45) is 1.59. The van der Waals surface area contributed by atoms with Gasteiger partial charge in [-0.3, -0.25) is 4.90 Å². The number of nitrogens with zero attached hydrogens (tertiary/aromatic N) is 4. The smallest absolute Gasteiger partial charge is 0.151 e. The molecule has 0 saturated carbocycles. The summed E-state index contributed by atoms with van der Waals surface area (Å²) >= 11 is 0. The summed E-state index contributed by atoms with van der Waals surface area (Å²) in [5.74, 6) is 0.802. The SMILES string of the molecule is CCN1CCN(c2ncc(C#N)cc2N)CC1C. The first-order valence-electron chi connectivity index (χ1n) is 6.30. The van der Waals surface area contributed by atoms with Gasteiger partial charge in [-0.2, -0.15) is 5.26 Å². The minimum absolute atomic E-state index is 0.501. The van der Waals surface area contributed by atoms with Crippen molar-refractivity contribution in [3.63, 3.8) is 0 Å². The molecule has 1 aromatic heterocycles. The molecule has 1 aromatic rings. The molecule has 0 spiro atoms. The van der Waals surface area contributed by atoms with Crippen LogP contribution in [0.3, 0.4) is 0 Å². The summed E-state index contributed by atoms with van der Waals surface area (Å²) in [5, 5.41) is 8.81. The van der Waals surface area contributed by atoms with Crippen LogP contribution in [0.25, 0.3) is 0 Å². The van der Waals surface area contributed by atoms with Gasteiger partial charge in [-0.25, -0.2) is 4.98 Å². The van der Waals surface area contributed by atoms with E-state index in [1.54, 1.807) is 12.3 Å². The van der Waals surface area contributed by atoms with Crippen LogP contribution in [0.5, 0.6) is 0 Å². The van der Waals surface area contributed by atoms with E-state index in [9.17, 15) is 0 Å². The van der Waals surface area contributed by atoms with Gasteiger partial charge in [0.25, 0.3) is 0 Å². The van der Waals surface area contributed by atoms with Crippen molar-refractivity contribution in [3.8, 4) is 6.07 Å². The first-order chi connectivity index (χ1) is 8.65. The highest BCUT2D eigenvalue weighted by Gasteiger charge is 2.24. The van der Waals surface area contributed by atoms with Crippen LogP contribution in [-0.2, 0) is 0 Å². The number of likely N-dealkylation sites (N-methyl/N-ethyl adjacent to an activating group) is 1. The summed E-state index contributed by atoms with van der Waals surface area (Å²) in [6.45, 7) is 8.36. The van der Waals surface area contributed by atoms with Crippen LogP contribution >= 0.6 is 0 Å². The van der Waals surface area contributed by atoms with Crippen molar-refractivity contribution in [1.29, 1.82) is 5.26 Å². The second-order valence-corrected chi connectivity index (χ2v) is 4.67. The molecule has 1 fully saturated rings. The van der Waals surface area contributed by atoms with Gasteiger partial charge in [0.15, 0.2) is 5.82 Å². The van der Waals surface area contributed by atoms with Crippen molar-refractivity contribution in [1.82, 2.24) is 9.88 Å². The number of nitrogen functional groups attached to an aromatic ring is 1. The summed E-state index contributed by atoms with van der Waals surface area (Å²) in [6, 6.07) is 4.25. The zero-order valence-corrected chi connectivity index (χ0v) is 10.9. The molecule has 5 heteroatoms. The molecule has 2 heterocycles. The molecule has 1 aliphatic heterocycles. The number of piperazine rings is 1. The Morgan fingerprint density at radius 1 is 1.56 bits per heavy atom. The third-order valence-electron chi connectivity index (χ3n) is 3.50. The second-order valence-electron chi connectivity index (χ2n) is 4.67. The Kier molecular flexibility index (Phi) is 3.68.